The van der Waals surface area contributed by atoms with Gasteiger partial charge >= 0.3 is 23.9 Å². The molecule has 7 aromatic carbocycles. The Morgan fingerprint density at radius 2 is 0.659 bits per heavy atom. The van der Waals surface area contributed by atoms with Crippen molar-refractivity contribution in [1.29, 1.82) is 5.26 Å². The summed E-state index contributed by atoms with van der Waals surface area (Å²) in [7, 11) is 0. The molecule has 0 aromatic heterocycles. The SMILES string of the molecule is CCCCCCCCCCCCc1ccc(-c2ccc(C(=O)Oc3ccc(C(=O)Oc4cc(C#N)cc(OC(=O)c5ccc(OC(=O)c6ccc(-c7ccc(CCCCCCCCCCCC)cc7)cc6)cc5F)c4)c(F)c3)cc2)cc1. The van der Waals surface area contributed by atoms with Gasteiger partial charge in [0.15, 0.2) is 0 Å². The van der Waals surface area contributed by atoms with E-state index in [-0.39, 0.29) is 39.7 Å². The van der Waals surface area contributed by atoms with Gasteiger partial charge in [0.05, 0.1) is 33.9 Å². The van der Waals surface area contributed by atoms with Crippen LogP contribution in [-0.2, 0) is 12.8 Å². The number of ether oxygens (including phenoxy) is 4. The number of hydrogen-bond donors (Lipinski definition) is 0. The minimum absolute atomic E-state index is 0.0972. The molecule has 0 atom stereocenters. The molecule has 0 saturated heterocycles. The average molecular weight is 1110 g/mol. The Bertz CT molecular complexity index is 3010. The summed E-state index contributed by atoms with van der Waals surface area (Å²) in [6, 6.07) is 42.3. The van der Waals surface area contributed by atoms with Crippen LogP contribution in [0.2, 0.25) is 0 Å². The Labute approximate surface area is 482 Å². The minimum atomic E-state index is -1.17. The van der Waals surface area contributed by atoms with E-state index in [1.807, 2.05) is 30.3 Å². The highest BCUT2D eigenvalue weighted by atomic mass is 19.1. The lowest BCUT2D eigenvalue weighted by atomic mass is 10.00. The third kappa shape index (κ3) is 19.5. The lowest BCUT2D eigenvalue weighted by Gasteiger charge is -2.11. The Balaban J connectivity index is 0.847. The van der Waals surface area contributed by atoms with E-state index in [2.05, 4.69) is 62.4 Å². The largest absolute Gasteiger partial charge is 0.423 e. The van der Waals surface area contributed by atoms with Crippen LogP contribution in [-0.4, -0.2) is 23.9 Å². The summed E-state index contributed by atoms with van der Waals surface area (Å²) in [5.74, 6) is -6.79. The third-order valence-electron chi connectivity index (χ3n) is 14.6. The maximum Gasteiger partial charge on any atom is 0.346 e. The summed E-state index contributed by atoms with van der Waals surface area (Å²) in [6.07, 6.45) is 28.1. The third-order valence-corrected chi connectivity index (χ3v) is 14.6. The quantitative estimate of drug-likeness (QED) is 0.0230. The first-order chi connectivity index (χ1) is 40.0. The summed E-state index contributed by atoms with van der Waals surface area (Å²) in [4.78, 5) is 52.5. The normalized spacial score (nSPS) is 11.0. The van der Waals surface area contributed by atoms with Gasteiger partial charge in [-0.2, -0.15) is 5.26 Å². The molecule has 0 saturated carbocycles. The molecule has 0 aliphatic rings. The Morgan fingerprint density at radius 1 is 0.354 bits per heavy atom. The van der Waals surface area contributed by atoms with Gasteiger partial charge in [0.25, 0.3) is 0 Å². The summed E-state index contributed by atoms with van der Waals surface area (Å²) in [5, 5.41) is 9.69. The molecular formula is C71H75F2NO8. The van der Waals surface area contributed by atoms with Crippen molar-refractivity contribution in [2.45, 2.75) is 155 Å². The van der Waals surface area contributed by atoms with Crippen LogP contribution in [0.1, 0.15) is 200 Å². The van der Waals surface area contributed by atoms with Gasteiger partial charge in [-0.1, -0.05) is 202 Å². The van der Waals surface area contributed by atoms with Crippen molar-refractivity contribution in [1.82, 2.24) is 0 Å². The topological polar surface area (TPSA) is 129 Å². The number of unbranched alkanes of at least 4 members (excludes halogenated alkanes) is 18. The van der Waals surface area contributed by atoms with E-state index in [1.165, 1.54) is 152 Å². The summed E-state index contributed by atoms with van der Waals surface area (Å²) >= 11 is 0. The molecule has 0 fully saturated rings. The molecule has 11 heteroatoms. The first kappa shape index (κ1) is 61.4. The fourth-order valence-electron chi connectivity index (χ4n) is 9.82. The van der Waals surface area contributed by atoms with Gasteiger partial charge in [0, 0.05) is 18.2 Å². The predicted molar refractivity (Wildman–Crippen MR) is 319 cm³/mol. The Hall–Kier alpha value is -8.23. The lowest BCUT2D eigenvalue weighted by molar-refractivity contribution is 0.0720. The molecule has 82 heavy (non-hydrogen) atoms. The monoisotopic (exact) mass is 1110 g/mol. The van der Waals surface area contributed by atoms with Crippen molar-refractivity contribution in [3.8, 4) is 51.3 Å². The minimum Gasteiger partial charge on any atom is -0.423 e. The van der Waals surface area contributed by atoms with E-state index in [4.69, 9.17) is 18.9 Å². The zero-order valence-corrected chi connectivity index (χ0v) is 47.5. The standard InChI is InChI=1S/C71H75F2NO8/c1-3-5-7-9-11-13-15-17-19-21-23-51-25-29-54(30-26-51)56-33-37-58(38-34-56)68(75)79-60-41-43-64(66(72)48-60)70(77)81-62-45-53(50-74)46-63(47-62)82-71(78)65-44-42-61(49-67(65)73)80-69(76)59-39-35-57(36-40-59)55-31-27-52(28-32-55)24-22-20-18-16-14-12-10-8-6-4-2/h25-49H,3-24H2,1-2H3. The van der Waals surface area contributed by atoms with Gasteiger partial charge in [-0.15, -0.1) is 0 Å². The van der Waals surface area contributed by atoms with Crippen LogP contribution in [0.25, 0.3) is 22.3 Å². The van der Waals surface area contributed by atoms with Gasteiger partial charge in [-0.05, 0) is 120 Å². The van der Waals surface area contributed by atoms with Crippen molar-refractivity contribution >= 4 is 23.9 Å². The van der Waals surface area contributed by atoms with E-state index in [0.717, 1.165) is 77.6 Å². The number of carbonyl (C=O) groups excluding carboxylic acids is 4. The summed E-state index contributed by atoms with van der Waals surface area (Å²) < 4.78 is 52.4. The van der Waals surface area contributed by atoms with Crippen LogP contribution in [0.3, 0.4) is 0 Å². The van der Waals surface area contributed by atoms with E-state index in [1.54, 1.807) is 24.3 Å². The molecule has 0 aliphatic carbocycles. The van der Waals surface area contributed by atoms with Crippen LogP contribution in [0.4, 0.5) is 8.78 Å². The highest BCUT2D eigenvalue weighted by Crippen LogP contribution is 2.29. The Kier molecular flexibility index (Phi) is 24.6. The summed E-state index contributed by atoms with van der Waals surface area (Å²) in [5.41, 5.74) is 5.79. The molecule has 0 unspecified atom stereocenters. The molecule has 0 heterocycles. The maximum absolute atomic E-state index is 15.4. The fourth-order valence-corrected chi connectivity index (χ4v) is 9.82. The molecule has 0 amide bonds. The van der Waals surface area contributed by atoms with Crippen LogP contribution >= 0.6 is 0 Å². The first-order valence-electron chi connectivity index (χ1n) is 29.4. The van der Waals surface area contributed by atoms with Crippen LogP contribution in [0, 0.1) is 23.0 Å². The number of benzene rings is 7. The highest BCUT2D eigenvalue weighted by Gasteiger charge is 2.21. The number of nitriles is 1. The van der Waals surface area contributed by atoms with Gasteiger partial charge in [-0.3, -0.25) is 0 Å². The maximum atomic E-state index is 15.4. The van der Waals surface area contributed by atoms with Crippen molar-refractivity contribution in [3.63, 3.8) is 0 Å². The zero-order chi connectivity index (χ0) is 57.9. The molecule has 7 aromatic rings. The number of carbonyl (C=O) groups is 4. The van der Waals surface area contributed by atoms with Crippen LogP contribution < -0.4 is 18.9 Å². The molecule has 0 N–H and O–H groups in total. The van der Waals surface area contributed by atoms with Gasteiger partial charge in [0.1, 0.15) is 34.6 Å². The number of aryl methyl sites for hydroxylation is 2. The lowest BCUT2D eigenvalue weighted by Crippen LogP contribution is -2.14. The second-order valence-electron chi connectivity index (χ2n) is 21.1. The van der Waals surface area contributed by atoms with E-state index in [9.17, 15) is 24.4 Å². The van der Waals surface area contributed by atoms with Gasteiger partial charge in [0.2, 0.25) is 0 Å². The molecule has 426 valence electrons. The second kappa shape index (κ2) is 32.9. The van der Waals surface area contributed by atoms with E-state index >= 15 is 8.78 Å². The predicted octanol–water partition coefficient (Wildman–Crippen LogP) is 19.0. The zero-order valence-electron chi connectivity index (χ0n) is 47.5. The van der Waals surface area contributed by atoms with Crippen molar-refractivity contribution in [2.75, 3.05) is 0 Å². The fraction of sp³-hybridized carbons (Fsp3) is 0.338. The van der Waals surface area contributed by atoms with Gasteiger partial charge < -0.3 is 18.9 Å². The Morgan fingerprint density at radius 3 is 0.976 bits per heavy atom. The van der Waals surface area contributed by atoms with Crippen molar-refractivity contribution < 1.29 is 46.9 Å². The smallest absolute Gasteiger partial charge is 0.346 e. The van der Waals surface area contributed by atoms with E-state index < -0.39 is 46.6 Å². The molecule has 0 bridgehead atoms. The number of nitrogens with zero attached hydrogens (tertiary/aromatic N) is 1. The molecule has 0 radical (unpaired) electrons. The number of rotatable bonds is 32. The number of esters is 4. The number of hydrogen-bond acceptors (Lipinski definition) is 9. The first-order valence-corrected chi connectivity index (χ1v) is 29.4. The average Bonchev–Trinajstić information content (AvgIpc) is 3.57. The highest BCUT2D eigenvalue weighted by molar-refractivity contribution is 5.95. The van der Waals surface area contributed by atoms with E-state index in [0.29, 0.717) is 0 Å². The molecule has 9 nitrogen and oxygen atoms in total. The summed E-state index contributed by atoms with van der Waals surface area (Å²) in [6.45, 7) is 4.49. The second-order valence-corrected chi connectivity index (χ2v) is 21.1. The molecular weight excluding hydrogens is 1030 g/mol. The molecule has 0 aliphatic heterocycles. The van der Waals surface area contributed by atoms with Crippen molar-refractivity contribution in [2.24, 2.45) is 0 Å². The molecule has 0 spiro atoms. The number of halogens is 2. The van der Waals surface area contributed by atoms with Crippen LogP contribution in [0.5, 0.6) is 23.0 Å². The van der Waals surface area contributed by atoms with Gasteiger partial charge in [-0.25, -0.2) is 28.0 Å². The van der Waals surface area contributed by atoms with Crippen molar-refractivity contribution in [3.05, 3.63) is 202 Å². The van der Waals surface area contributed by atoms with Crippen LogP contribution in [0.15, 0.2) is 152 Å². The molecule has 7 rings (SSSR count).